The molecule has 0 spiro atoms. The van der Waals surface area contributed by atoms with E-state index in [0.29, 0.717) is 6.41 Å². The lowest BCUT2D eigenvalue weighted by atomic mass is 10.2. The number of anilines is 1. The molecule has 0 heterocycles. The lowest BCUT2D eigenvalue weighted by Crippen LogP contribution is -2.38. The Balaban J connectivity index is 3.18. The number of aliphatic carboxylic acids is 1. The molecule has 16 heavy (non-hydrogen) atoms. The van der Waals surface area contributed by atoms with Gasteiger partial charge in [-0.05, 0) is 19.1 Å². The molecular formula is C10H9Cl2NO3. The number of hydrogen-bond acceptors (Lipinski definition) is 2. The topological polar surface area (TPSA) is 57.6 Å². The Labute approximate surface area is 102 Å². The molecule has 1 rings (SSSR count). The number of carbonyl (C=O) groups excluding carboxylic acids is 1. The number of carbonyl (C=O) groups is 2. The van der Waals surface area contributed by atoms with Crippen LogP contribution in [0.5, 0.6) is 0 Å². The van der Waals surface area contributed by atoms with Crippen LogP contribution in [0.3, 0.4) is 0 Å². The van der Waals surface area contributed by atoms with Gasteiger partial charge >= 0.3 is 5.97 Å². The molecule has 0 saturated carbocycles. The number of hydrogen-bond donors (Lipinski definition) is 1. The Morgan fingerprint density at radius 2 is 2.12 bits per heavy atom. The summed E-state index contributed by atoms with van der Waals surface area (Å²) < 4.78 is 0. The summed E-state index contributed by atoms with van der Waals surface area (Å²) in [5.74, 6) is -1.12. The number of benzene rings is 1. The minimum Gasteiger partial charge on any atom is -0.480 e. The van der Waals surface area contributed by atoms with Crippen LogP contribution in [0, 0.1) is 0 Å². The van der Waals surface area contributed by atoms with Crippen molar-refractivity contribution in [3.8, 4) is 0 Å². The minimum absolute atomic E-state index is 0.157. The van der Waals surface area contributed by atoms with Gasteiger partial charge in [-0.25, -0.2) is 4.79 Å². The molecule has 1 aromatic rings. The highest BCUT2D eigenvalue weighted by Crippen LogP contribution is 2.32. The monoisotopic (exact) mass is 261 g/mol. The molecule has 0 bridgehead atoms. The first kappa shape index (κ1) is 12.8. The normalized spacial score (nSPS) is 11.9. The summed E-state index contributed by atoms with van der Waals surface area (Å²) >= 11 is 11.7. The lowest BCUT2D eigenvalue weighted by Gasteiger charge is -2.23. The van der Waals surface area contributed by atoms with Gasteiger partial charge in [-0.1, -0.05) is 29.3 Å². The van der Waals surface area contributed by atoms with E-state index >= 15 is 0 Å². The molecule has 1 atom stereocenters. The van der Waals surface area contributed by atoms with E-state index < -0.39 is 12.0 Å². The largest absolute Gasteiger partial charge is 0.480 e. The first-order valence-electron chi connectivity index (χ1n) is 4.39. The summed E-state index contributed by atoms with van der Waals surface area (Å²) in [6.07, 6.45) is 0.413. The Kier molecular flexibility index (Phi) is 4.15. The highest BCUT2D eigenvalue weighted by atomic mass is 35.5. The number of nitrogens with zero attached hydrogens (tertiary/aromatic N) is 1. The highest BCUT2D eigenvalue weighted by Gasteiger charge is 2.22. The fraction of sp³-hybridized carbons (Fsp3) is 0.200. The van der Waals surface area contributed by atoms with E-state index in [9.17, 15) is 9.59 Å². The molecule has 1 aromatic carbocycles. The van der Waals surface area contributed by atoms with Gasteiger partial charge < -0.3 is 5.11 Å². The van der Waals surface area contributed by atoms with Crippen LogP contribution in [-0.2, 0) is 9.59 Å². The summed E-state index contributed by atoms with van der Waals surface area (Å²) in [5, 5.41) is 9.25. The van der Waals surface area contributed by atoms with Crippen LogP contribution in [0.15, 0.2) is 18.2 Å². The van der Waals surface area contributed by atoms with Crippen molar-refractivity contribution in [2.75, 3.05) is 4.90 Å². The maximum absolute atomic E-state index is 10.9. The highest BCUT2D eigenvalue weighted by molar-refractivity contribution is 6.44. The van der Waals surface area contributed by atoms with Gasteiger partial charge in [-0.3, -0.25) is 9.69 Å². The predicted octanol–water partition coefficient (Wildman–Crippen LogP) is 2.43. The zero-order valence-corrected chi connectivity index (χ0v) is 9.87. The van der Waals surface area contributed by atoms with E-state index in [1.54, 1.807) is 12.1 Å². The summed E-state index contributed by atoms with van der Waals surface area (Å²) in [4.78, 5) is 22.7. The van der Waals surface area contributed by atoms with Crippen molar-refractivity contribution in [1.29, 1.82) is 0 Å². The average molecular weight is 262 g/mol. The Hall–Kier alpha value is -1.26. The van der Waals surface area contributed by atoms with Crippen molar-refractivity contribution in [2.24, 2.45) is 0 Å². The lowest BCUT2D eigenvalue weighted by molar-refractivity contribution is -0.138. The first-order valence-corrected chi connectivity index (χ1v) is 5.15. The molecule has 4 nitrogen and oxygen atoms in total. The van der Waals surface area contributed by atoms with Crippen LogP contribution in [0.4, 0.5) is 5.69 Å². The Bertz CT molecular complexity index is 423. The molecule has 0 aliphatic carbocycles. The zero-order chi connectivity index (χ0) is 12.3. The summed E-state index contributed by atoms with van der Waals surface area (Å²) in [6, 6.07) is 3.67. The standard InChI is InChI=1S/C10H9Cl2NO3/c1-6(10(15)16)13(5-14)8-4-2-3-7(11)9(8)12/h2-6H,1H3,(H,15,16). The Morgan fingerprint density at radius 3 is 2.62 bits per heavy atom. The molecule has 0 aliphatic rings. The van der Waals surface area contributed by atoms with Crippen molar-refractivity contribution in [3.05, 3.63) is 28.2 Å². The van der Waals surface area contributed by atoms with Crippen molar-refractivity contribution in [1.82, 2.24) is 0 Å². The fourth-order valence-electron chi connectivity index (χ4n) is 1.17. The second kappa shape index (κ2) is 5.18. The van der Waals surface area contributed by atoms with Gasteiger partial charge in [0.15, 0.2) is 0 Å². The average Bonchev–Trinajstić information content (AvgIpc) is 2.24. The Morgan fingerprint density at radius 1 is 1.50 bits per heavy atom. The molecule has 0 aliphatic heterocycles. The number of carboxylic acid groups (broad SMARTS) is 1. The molecule has 0 aromatic heterocycles. The molecule has 1 amide bonds. The van der Waals surface area contributed by atoms with E-state index in [2.05, 4.69) is 0 Å². The third-order valence-electron chi connectivity index (χ3n) is 2.10. The van der Waals surface area contributed by atoms with Crippen LogP contribution in [0.1, 0.15) is 6.92 Å². The van der Waals surface area contributed by atoms with Gasteiger partial charge in [0.1, 0.15) is 6.04 Å². The van der Waals surface area contributed by atoms with Crippen LogP contribution in [0.2, 0.25) is 10.0 Å². The predicted molar refractivity (Wildman–Crippen MR) is 62.1 cm³/mol. The van der Waals surface area contributed by atoms with E-state index in [-0.39, 0.29) is 15.7 Å². The van der Waals surface area contributed by atoms with E-state index in [1.165, 1.54) is 13.0 Å². The quantitative estimate of drug-likeness (QED) is 0.848. The SMILES string of the molecule is CC(C(=O)O)N(C=O)c1cccc(Cl)c1Cl. The van der Waals surface area contributed by atoms with Gasteiger partial charge in [0.25, 0.3) is 0 Å². The van der Waals surface area contributed by atoms with Gasteiger partial charge in [0.2, 0.25) is 6.41 Å². The molecule has 1 N–H and O–H groups in total. The molecule has 0 fully saturated rings. The maximum Gasteiger partial charge on any atom is 0.326 e. The van der Waals surface area contributed by atoms with Crippen LogP contribution in [0.25, 0.3) is 0 Å². The second-order valence-electron chi connectivity index (χ2n) is 3.10. The minimum atomic E-state index is -1.12. The maximum atomic E-state index is 10.9. The zero-order valence-electron chi connectivity index (χ0n) is 8.35. The number of rotatable bonds is 4. The van der Waals surface area contributed by atoms with Crippen LogP contribution < -0.4 is 4.90 Å². The van der Waals surface area contributed by atoms with E-state index in [0.717, 1.165) is 4.90 Å². The molecule has 0 saturated heterocycles. The summed E-state index contributed by atoms with van der Waals surface area (Å²) in [6.45, 7) is 1.38. The van der Waals surface area contributed by atoms with Gasteiger partial charge in [0.05, 0.1) is 15.7 Å². The second-order valence-corrected chi connectivity index (χ2v) is 3.88. The smallest absolute Gasteiger partial charge is 0.326 e. The van der Waals surface area contributed by atoms with Crippen molar-refractivity contribution in [3.63, 3.8) is 0 Å². The van der Waals surface area contributed by atoms with E-state index in [4.69, 9.17) is 28.3 Å². The van der Waals surface area contributed by atoms with Crippen LogP contribution >= 0.6 is 23.2 Å². The summed E-state index contributed by atoms with van der Waals surface area (Å²) in [7, 11) is 0. The van der Waals surface area contributed by atoms with Gasteiger partial charge in [-0.15, -0.1) is 0 Å². The molecule has 0 radical (unpaired) electrons. The van der Waals surface area contributed by atoms with E-state index in [1.807, 2.05) is 0 Å². The number of halogens is 2. The third kappa shape index (κ3) is 2.46. The third-order valence-corrected chi connectivity index (χ3v) is 2.91. The first-order chi connectivity index (χ1) is 7.49. The van der Waals surface area contributed by atoms with Crippen molar-refractivity contribution >= 4 is 41.3 Å². The number of carboxylic acids is 1. The molecule has 6 heteroatoms. The number of amides is 1. The molecule has 1 unspecified atom stereocenters. The molecular weight excluding hydrogens is 253 g/mol. The van der Waals surface area contributed by atoms with Crippen molar-refractivity contribution < 1.29 is 14.7 Å². The molecule has 86 valence electrons. The van der Waals surface area contributed by atoms with Crippen molar-refractivity contribution in [2.45, 2.75) is 13.0 Å². The van der Waals surface area contributed by atoms with Gasteiger partial charge in [-0.2, -0.15) is 0 Å². The summed E-state index contributed by atoms with van der Waals surface area (Å²) in [5.41, 5.74) is 0.277. The fourth-order valence-corrected chi connectivity index (χ4v) is 1.56. The van der Waals surface area contributed by atoms with Crippen LogP contribution in [-0.4, -0.2) is 23.5 Å². The van der Waals surface area contributed by atoms with Gasteiger partial charge in [0, 0.05) is 0 Å².